The summed E-state index contributed by atoms with van der Waals surface area (Å²) >= 11 is 3.53. The van der Waals surface area contributed by atoms with Gasteiger partial charge in [-0.3, -0.25) is 0 Å². The first-order valence-electron chi connectivity index (χ1n) is 7.24. The highest BCUT2D eigenvalue weighted by atomic mass is 32.1. The van der Waals surface area contributed by atoms with Crippen LogP contribution in [0.25, 0.3) is 10.6 Å². The number of nitriles is 1. The molecule has 4 heterocycles. The molecule has 23 heavy (non-hydrogen) atoms. The first-order chi connectivity index (χ1) is 11.2. The Morgan fingerprint density at radius 1 is 1.30 bits per heavy atom. The summed E-state index contributed by atoms with van der Waals surface area (Å²) in [7, 11) is 0. The van der Waals surface area contributed by atoms with Crippen LogP contribution in [0.2, 0.25) is 0 Å². The van der Waals surface area contributed by atoms with Gasteiger partial charge in [0.2, 0.25) is 0 Å². The number of thiazole rings is 1. The van der Waals surface area contributed by atoms with E-state index in [4.69, 9.17) is 5.26 Å². The average Bonchev–Trinajstić information content (AvgIpc) is 3.20. The molecule has 114 valence electrons. The Kier molecular flexibility index (Phi) is 3.56. The molecule has 0 bridgehead atoms. The molecule has 0 saturated heterocycles. The maximum atomic E-state index is 8.81. The van der Waals surface area contributed by atoms with Crippen LogP contribution in [0.15, 0.2) is 23.8 Å². The Balaban J connectivity index is 1.59. The minimum Gasteiger partial charge on any atom is -0.351 e. The van der Waals surface area contributed by atoms with Gasteiger partial charge in [0.05, 0.1) is 28.0 Å². The zero-order valence-electron chi connectivity index (χ0n) is 12.5. The Labute approximate surface area is 141 Å². The van der Waals surface area contributed by atoms with E-state index in [-0.39, 0.29) is 0 Å². The van der Waals surface area contributed by atoms with Crippen molar-refractivity contribution in [3.8, 4) is 16.6 Å². The average molecular weight is 339 g/mol. The fourth-order valence-corrected chi connectivity index (χ4v) is 4.48. The second kappa shape index (κ2) is 5.72. The Morgan fingerprint density at radius 3 is 2.91 bits per heavy atom. The topological polar surface area (TPSA) is 65.7 Å². The van der Waals surface area contributed by atoms with Crippen molar-refractivity contribution < 1.29 is 0 Å². The van der Waals surface area contributed by atoms with E-state index in [0.29, 0.717) is 5.69 Å². The van der Waals surface area contributed by atoms with E-state index in [1.165, 1.54) is 21.5 Å². The van der Waals surface area contributed by atoms with Crippen molar-refractivity contribution in [1.82, 2.24) is 15.0 Å². The number of aryl methyl sites for hydroxylation is 1. The number of hydrogen-bond acceptors (Lipinski definition) is 7. The van der Waals surface area contributed by atoms with Gasteiger partial charge in [0.15, 0.2) is 5.69 Å². The third-order valence-electron chi connectivity index (χ3n) is 3.81. The van der Waals surface area contributed by atoms with Gasteiger partial charge >= 0.3 is 0 Å². The first-order valence-corrected chi connectivity index (χ1v) is 8.94. The van der Waals surface area contributed by atoms with Crippen molar-refractivity contribution in [1.29, 1.82) is 5.26 Å². The molecule has 0 atom stereocenters. The van der Waals surface area contributed by atoms with Crippen LogP contribution in [0.1, 0.15) is 21.1 Å². The molecule has 1 aliphatic heterocycles. The van der Waals surface area contributed by atoms with Gasteiger partial charge in [0, 0.05) is 23.3 Å². The molecule has 0 unspecified atom stereocenters. The summed E-state index contributed by atoms with van der Waals surface area (Å²) in [5.41, 5.74) is 2.77. The lowest BCUT2D eigenvalue weighted by Gasteiger charge is -2.27. The third-order valence-corrected chi connectivity index (χ3v) is 5.85. The van der Waals surface area contributed by atoms with Crippen molar-refractivity contribution in [2.45, 2.75) is 19.9 Å². The maximum absolute atomic E-state index is 8.81. The minimum atomic E-state index is 0.350. The molecule has 3 aromatic rings. The highest BCUT2D eigenvalue weighted by Crippen LogP contribution is 2.35. The van der Waals surface area contributed by atoms with Gasteiger partial charge in [-0.1, -0.05) is 0 Å². The van der Waals surface area contributed by atoms with E-state index in [9.17, 15) is 0 Å². The second-order valence-corrected chi connectivity index (χ2v) is 7.55. The monoisotopic (exact) mass is 339 g/mol. The quantitative estimate of drug-likeness (QED) is 0.716. The lowest BCUT2D eigenvalue weighted by molar-refractivity contribution is 0.729. The normalized spacial score (nSPS) is 13.7. The van der Waals surface area contributed by atoms with Crippen LogP contribution in [0.5, 0.6) is 0 Å². The van der Waals surface area contributed by atoms with Crippen LogP contribution in [-0.4, -0.2) is 21.5 Å². The standard InChI is InChI=1S/C16H13N5S2/c1-10-20-13(9-22-10)15-4-11-8-21(3-2-14(11)23-15)16-7-18-12(5-17)6-19-16/h4,6-7,9H,2-3,8H2,1H3. The van der Waals surface area contributed by atoms with Crippen molar-refractivity contribution in [2.75, 3.05) is 11.4 Å². The van der Waals surface area contributed by atoms with Gasteiger partial charge in [0.25, 0.3) is 0 Å². The zero-order chi connectivity index (χ0) is 15.8. The van der Waals surface area contributed by atoms with Crippen molar-refractivity contribution in [3.63, 3.8) is 0 Å². The lowest BCUT2D eigenvalue weighted by Crippen LogP contribution is -2.30. The summed E-state index contributed by atoms with van der Waals surface area (Å²) in [6, 6.07) is 4.25. The molecule has 0 aliphatic carbocycles. The zero-order valence-corrected chi connectivity index (χ0v) is 14.1. The summed E-state index contributed by atoms with van der Waals surface area (Å²) in [4.78, 5) is 17.9. The van der Waals surface area contributed by atoms with E-state index in [0.717, 1.165) is 36.0 Å². The molecule has 0 N–H and O–H groups in total. The Morgan fingerprint density at radius 2 is 2.22 bits per heavy atom. The van der Waals surface area contributed by atoms with Crippen LogP contribution >= 0.6 is 22.7 Å². The molecule has 1 aliphatic rings. The molecule has 7 heteroatoms. The highest BCUT2D eigenvalue weighted by molar-refractivity contribution is 7.16. The first kappa shape index (κ1) is 14.3. The summed E-state index contributed by atoms with van der Waals surface area (Å²) in [6.07, 6.45) is 4.22. The van der Waals surface area contributed by atoms with Gasteiger partial charge in [-0.15, -0.1) is 22.7 Å². The van der Waals surface area contributed by atoms with E-state index >= 15 is 0 Å². The van der Waals surface area contributed by atoms with Crippen LogP contribution in [0, 0.1) is 18.3 Å². The van der Waals surface area contributed by atoms with Crippen LogP contribution in [0.4, 0.5) is 5.82 Å². The highest BCUT2D eigenvalue weighted by Gasteiger charge is 2.21. The van der Waals surface area contributed by atoms with Crippen LogP contribution in [0.3, 0.4) is 0 Å². The van der Waals surface area contributed by atoms with Crippen molar-refractivity contribution in [3.05, 3.63) is 45.0 Å². The van der Waals surface area contributed by atoms with Gasteiger partial charge in [-0.25, -0.2) is 15.0 Å². The molecule has 0 saturated carbocycles. The SMILES string of the molecule is Cc1nc(-c2cc3c(s2)CCN(c2cnc(C#N)cn2)C3)cs1. The fourth-order valence-electron chi connectivity index (χ4n) is 2.67. The van der Waals surface area contributed by atoms with Gasteiger partial charge < -0.3 is 4.90 Å². The lowest BCUT2D eigenvalue weighted by atomic mass is 10.1. The molecular formula is C16H13N5S2. The number of aromatic nitrogens is 3. The smallest absolute Gasteiger partial charge is 0.158 e. The van der Waals surface area contributed by atoms with Crippen LogP contribution in [-0.2, 0) is 13.0 Å². The molecule has 0 aromatic carbocycles. The number of thiophene rings is 1. The second-order valence-electron chi connectivity index (χ2n) is 5.35. The molecule has 0 amide bonds. The summed E-state index contributed by atoms with van der Waals surface area (Å²) in [5.74, 6) is 0.826. The van der Waals surface area contributed by atoms with Gasteiger partial charge in [-0.2, -0.15) is 5.26 Å². The predicted molar refractivity (Wildman–Crippen MR) is 91.7 cm³/mol. The molecule has 0 fully saturated rings. The fraction of sp³-hybridized carbons (Fsp3) is 0.250. The molecular weight excluding hydrogens is 326 g/mol. The number of rotatable bonds is 2. The Bertz CT molecular complexity index is 888. The van der Waals surface area contributed by atoms with Crippen molar-refractivity contribution >= 4 is 28.5 Å². The van der Waals surface area contributed by atoms with E-state index in [1.54, 1.807) is 17.5 Å². The third kappa shape index (κ3) is 2.71. The summed E-state index contributed by atoms with van der Waals surface area (Å²) in [6.45, 7) is 3.78. The minimum absolute atomic E-state index is 0.350. The number of hydrogen-bond donors (Lipinski definition) is 0. The summed E-state index contributed by atoms with van der Waals surface area (Å²) < 4.78 is 0. The molecule has 5 nitrogen and oxygen atoms in total. The molecule has 0 spiro atoms. The van der Waals surface area contributed by atoms with Crippen LogP contribution < -0.4 is 4.90 Å². The van der Waals surface area contributed by atoms with Crippen molar-refractivity contribution in [2.24, 2.45) is 0 Å². The maximum Gasteiger partial charge on any atom is 0.158 e. The Hall–Kier alpha value is -2.30. The predicted octanol–water partition coefficient (Wildman–Crippen LogP) is 3.40. The van der Waals surface area contributed by atoms with E-state index in [2.05, 4.69) is 31.3 Å². The molecule has 3 aromatic heterocycles. The number of nitrogens with zero attached hydrogens (tertiary/aromatic N) is 5. The van der Waals surface area contributed by atoms with Gasteiger partial charge in [0.1, 0.15) is 11.9 Å². The summed E-state index contributed by atoms with van der Waals surface area (Å²) in [5, 5.41) is 12.0. The number of fused-ring (bicyclic) bond motifs is 1. The number of anilines is 1. The molecule has 0 radical (unpaired) electrons. The van der Waals surface area contributed by atoms with E-state index < -0.39 is 0 Å². The molecule has 4 rings (SSSR count). The largest absolute Gasteiger partial charge is 0.351 e. The van der Waals surface area contributed by atoms with E-state index in [1.807, 2.05) is 24.3 Å². The van der Waals surface area contributed by atoms with Gasteiger partial charge in [-0.05, 0) is 25.0 Å².